The molecule has 0 aliphatic carbocycles. The van der Waals surface area contributed by atoms with Crippen LogP contribution in [0.4, 0.5) is 13.2 Å². The molecule has 1 N–H and O–H groups in total. The molecule has 0 aliphatic heterocycles. The number of carbonyl (C=O) groups is 1. The summed E-state index contributed by atoms with van der Waals surface area (Å²) >= 11 is 2.08. The molecule has 1 heterocycles. The summed E-state index contributed by atoms with van der Waals surface area (Å²) in [5, 5.41) is 6.31. The molecule has 0 fully saturated rings. The van der Waals surface area contributed by atoms with Crippen molar-refractivity contribution in [1.29, 1.82) is 0 Å². The number of benzene rings is 1. The molecule has 0 saturated heterocycles. The summed E-state index contributed by atoms with van der Waals surface area (Å²) in [6, 6.07) is 8.20. The highest BCUT2D eigenvalue weighted by Crippen LogP contribution is 2.28. The Kier molecular flexibility index (Phi) is 5.66. The van der Waals surface area contributed by atoms with E-state index in [0.717, 1.165) is 9.64 Å². The number of amides is 1. The number of halogens is 4. The predicted molar refractivity (Wildman–Crippen MR) is 88.1 cm³/mol. The lowest BCUT2D eigenvalue weighted by Crippen LogP contribution is -2.26. The van der Waals surface area contributed by atoms with Gasteiger partial charge in [-0.3, -0.25) is 9.48 Å². The first-order valence-electron chi connectivity index (χ1n) is 6.93. The van der Waals surface area contributed by atoms with E-state index in [1.165, 1.54) is 4.68 Å². The zero-order chi connectivity index (χ0) is 17.0. The first-order chi connectivity index (χ1) is 10.8. The van der Waals surface area contributed by atoms with Crippen LogP contribution in [-0.2, 0) is 12.7 Å². The van der Waals surface area contributed by atoms with E-state index in [1.807, 2.05) is 12.1 Å². The van der Waals surface area contributed by atoms with Crippen molar-refractivity contribution in [3.63, 3.8) is 0 Å². The van der Waals surface area contributed by atoms with Crippen LogP contribution in [0.25, 0.3) is 0 Å². The molecule has 0 unspecified atom stereocenters. The molecular formula is C15H15F3IN3O. The molecule has 23 heavy (non-hydrogen) atoms. The predicted octanol–water partition coefficient (Wildman–Crippen LogP) is 3.64. The number of hydrogen-bond donors (Lipinski definition) is 1. The first kappa shape index (κ1) is 17.8. The van der Waals surface area contributed by atoms with E-state index in [9.17, 15) is 18.0 Å². The number of rotatable bonds is 5. The maximum Gasteiger partial charge on any atom is 0.435 e. The van der Waals surface area contributed by atoms with Gasteiger partial charge in [0.2, 0.25) is 0 Å². The molecule has 0 radical (unpaired) electrons. The van der Waals surface area contributed by atoms with Gasteiger partial charge in [0.15, 0.2) is 5.69 Å². The minimum absolute atomic E-state index is 0.192. The molecule has 124 valence electrons. The number of nitrogens with zero attached hydrogens (tertiary/aromatic N) is 2. The second-order valence-electron chi connectivity index (χ2n) is 4.98. The fourth-order valence-electron chi connectivity index (χ4n) is 2.05. The number of nitrogens with one attached hydrogen (secondary N) is 1. The van der Waals surface area contributed by atoms with E-state index < -0.39 is 11.9 Å². The number of alkyl halides is 3. The van der Waals surface area contributed by atoms with Gasteiger partial charge >= 0.3 is 6.18 Å². The monoisotopic (exact) mass is 437 g/mol. The number of aryl methyl sites for hydroxylation is 2. The molecule has 0 saturated carbocycles. The summed E-state index contributed by atoms with van der Waals surface area (Å²) in [7, 11) is 0. The standard InChI is InChI=1S/C15H15F3IN3O/c1-10-9-13(15(16,17)18)21-22(10)8-4-7-20-14(23)11-5-2-3-6-12(11)19/h2-3,5-6,9H,4,7-8H2,1H3,(H,20,23). The van der Waals surface area contributed by atoms with Crippen LogP contribution in [0.2, 0.25) is 0 Å². The summed E-state index contributed by atoms with van der Waals surface area (Å²) in [5.74, 6) is -0.192. The highest BCUT2D eigenvalue weighted by Gasteiger charge is 2.34. The molecule has 1 aromatic carbocycles. The molecule has 2 aromatic rings. The Hall–Kier alpha value is -1.58. The molecule has 0 spiro atoms. The van der Waals surface area contributed by atoms with Gasteiger partial charge in [0.05, 0.1) is 5.56 Å². The van der Waals surface area contributed by atoms with Gasteiger partial charge in [-0.25, -0.2) is 0 Å². The Bertz CT molecular complexity index is 698. The second-order valence-corrected chi connectivity index (χ2v) is 6.14. The van der Waals surface area contributed by atoms with E-state index in [0.29, 0.717) is 30.8 Å². The molecule has 0 aliphatic rings. The van der Waals surface area contributed by atoms with E-state index in [2.05, 4.69) is 33.0 Å². The van der Waals surface area contributed by atoms with Gasteiger partial charge in [0.25, 0.3) is 5.91 Å². The maximum atomic E-state index is 12.6. The van der Waals surface area contributed by atoms with Crippen molar-refractivity contribution in [2.24, 2.45) is 0 Å². The summed E-state index contributed by atoms with van der Waals surface area (Å²) in [5.41, 5.74) is 0.141. The van der Waals surface area contributed by atoms with Gasteiger partial charge in [-0.15, -0.1) is 0 Å². The fourth-order valence-corrected chi connectivity index (χ4v) is 2.68. The first-order valence-corrected chi connectivity index (χ1v) is 8.01. The number of carbonyl (C=O) groups excluding carboxylic acids is 1. The van der Waals surface area contributed by atoms with Crippen LogP contribution in [0.15, 0.2) is 30.3 Å². The largest absolute Gasteiger partial charge is 0.435 e. The molecule has 1 amide bonds. The van der Waals surface area contributed by atoms with Crippen molar-refractivity contribution >= 4 is 28.5 Å². The molecule has 2 rings (SSSR count). The Balaban J connectivity index is 1.85. The average molecular weight is 437 g/mol. The van der Waals surface area contributed by atoms with Crippen molar-refractivity contribution in [3.05, 3.63) is 50.9 Å². The second kappa shape index (κ2) is 7.33. The normalized spacial score (nSPS) is 11.5. The zero-order valence-corrected chi connectivity index (χ0v) is 14.5. The van der Waals surface area contributed by atoms with Gasteiger partial charge in [0, 0.05) is 22.4 Å². The van der Waals surface area contributed by atoms with E-state index >= 15 is 0 Å². The Labute approximate surface area is 145 Å². The third-order valence-corrected chi connectivity index (χ3v) is 4.16. The maximum absolute atomic E-state index is 12.6. The van der Waals surface area contributed by atoms with Crippen LogP contribution in [0.1, 0.15) is 28.2 Å². The van der Waals surface area contributed by atoms with Gasteiger partial charge in [-0.2, -0.15) is 18.3 Å². The van der Waals surface area contributed by atoms with Gasteiger partial charge in [-0.1, -0.05) is 12.1 Å². The average Bonchev–Trinajstić information content (AvgIpc) is 2.85. The van der Waals surface area contributed by atoms with Crippen molar-refractivity contribution in [1.82, 2.24) is 15.1 Å². The third-order valence-electron chi connectivity index (χ3n) is 3.22. The molecule has 0 atom stereocenters. The minimum atomic E-state index is -4.44. The van der Waals surface area contributed by atoms with Gasteiger partial charge in [-0.05, 0) is 54.1 Å². The number of hydrogen-bond acceptors (Lipinski definition) is 2. The fraction of sp³-hybridized carbons (Fsp3) is 0.333. The van der Waals surface area contributed by atoms with Gasteiger partial charge in [0.1, 0.15) is 0 Å². The van der Waals surface area contributed by atoms with Crippen molar-refractivity contribution < 1.29 is 18.0 Å². The lowest BCUT2D eigenvalue weighted by Gasteiger charge is -2.08. The zero-order valence-electron chi connectivity index (χ0n) is 12.3. The quantitative estimate of drug-likeness (QED) is 0.574. The molecule has 4 nitrogen and oxygen atoms in total. The van der Waals surface area contributed by atoms with Crippen LogP contribution in [0, 0.1) is 10.5 Å². The summed E-state index contributed by atoms with van der Waals surface area (Å²) in [6.07, 6.45) is -3.94. The lowest BCUT2D eigenvalue weighted by molar-refractivity contribution is -0.141. The summed E-state index contributed by atoms with van der Waals surface area (Å²) in [4.78, 5) is 12.0. The molecule has 1 aromatic heterocycles. The van der Waals surface area contributed by atoms with E-state index in [4.69, 9.17) is 0 Å². The third kappa shape index (κ3) is 4.69. The summed E-state index contributed by atoms with van der Waals surface area (Å²) < 4.78 is 39.9. The minimum Gasteiger partial charge on any atom is -0.352 e. The van der Waals surface area contributed by atoms with Gasteiger partial charge < -0.3 is 5.32 Å². The lowest BCUT2D eigenvalue weighted by atomic mass is 10.2. The SMILES string of the molecule is Cc1cc(C(F)(F)F)nn1CCCNC(=O)c1ccccc1I. The van der Waals surface area contributed by atoms with Crippen molar-refractivity contribution in [2.45, 2.75) is 26.1 Å². The van der Waals surface area contributed by atoms with Crippen LogP contribution < -0.4 is 5.32 Å². The summed E-state index contributed by atoms with van der Waals surface area (Å²) in [6.45, 7) is 2.26. The molecule has 8 heteroatoms. The Morgan fingerprint density at radius 1 is 1.35 bits per heavy atom. The van der Waals surface area contributed by atoms with E-state index in [-0.39, 0.29) is 5.91 Å². The Morgan fingerprint density at radius 3 is 2.65 bits per heavy atom. The molecular weight excluding hydrogens is 422 g/mol. The Morgan fingerprint density at radius 2 is 2.04 bits per heavy atom. The van der Waals surface area contributed by atoms with Crippen LogP contribution in [-0.4, -0.2) is 22.2 Å². The highest BCUT2D eigenvalue weighted by molar-refractivity contribution is 14.1. The van der Waals surface area contributed by atoms with Crippen molar-refractivity contribution in [3.8, 4) is 0 Å². The molecule has 0 bridgehead atoms. The number of aromatic nitrogens is 2. The van der Waals surface area contributed by atoms with Crippen molar-refractivity contribution in [2.75, 3.05) is 6.54 Å². The van der Waals surface area contributed by atoms with E-state index in [1.54, 1.807) is 19.1 Å². The van der Waals surface area contributed by atoms with Crippen LogP contribution >= 0.6 is 22.6 Å². The van der Waals surface area contributed by atoms with Crippen LogP contribution in [0.5, 0.6) is 0 Å². The van der Waals surface area contributed by atoms with Crippen LogP contribution in [0.3, 0.4) is 0 Å². The highest BCUT2D eigenvalue weighted by atomic mass is 127. The smallest absolute Gasteiger partial charge is 0.352 e. The topological polar surface area (TPSA) is 46.9 Å².